The zero-order chi connectivity index (χ0) is 9.40. The van der Waals surface area contributed by atoms with Gasteiger partial charge in [0.05, 0.1) is 13.2 Å². The van der Waals surface area contributed by atoms with Crippen LogP contribution in [0.2, 0.25) is 0 Å². The molecule has 4 nitrogen and oxygen atoms in total. The number of carbonyl (C=O) groups is 2. The standard InChI is InChI=1S/C8H14O4/c1-3-12-8(10)6-7(9)4-5-11-2/h3-6H2,1-2H3. The van der Waals surface area contributed by atoms with Gasteiger partial charge in [-0.3, -0.25) is 9.59 Å². The lowest BCUT2D eigenvalue weighted by Gasteiger charge is -2.00. The number of ether oxygens (including phenoxy) is 2. The summed E-state index contributed by atoms with van der Waals surface area (Å²) in [4.78, 5) is 21.6. The Morgan fingerprint density at radius 3 is 2.50 bits per heavy atom. The molecule has 0 rings (SSSR count). The smallest absolute Gasteiger partial charge is 0.313 e. The zero-order valence-corrected chi connectivity index (χ0v) is 7.46. The summed E-state index contributed by atoms with van der Waals surface area (Å²) in [5.41, 5.74) is 0. The second-order valence-corrected chi connectivity index (χ2v) is 2.26. The van der Waals surface area contributed by atoms with Crippen molar-refractivity contribution in [3.05, 3.63) is 0 Å². The summed E-state index contributed by atoms with van der Waals surface area (Å²) in [7, 11) is 1.51. The minimum Gasteiger partial charge on any atom is -0.466 e. The molecule has 0 aliphatic rings. The molecular formula is C8H14O4. The summed E-state index contributed by atoms with van der Waals surface area (Å²) < 4.78 is 9.27. The Hall–Kier alpha value is -0.900. The molecule has 0 aromatic carbocycles. The SMILES string of the molecule is CCOC(=O)CC(=O)CCOC. The van der Waals surface area contributed by atoms with Crippen molar-refractivity contribution in [3.63, 3.8) is 0 Å². The molecule has 0 bridgehead atoms. The predicted octanol–water partition coefficient (Wildman–Crippen LogP) is 0.545. The van der Waals surface area contributed by atoms with Crippen molar-refractivity contribution >= 4 is 11.8 Å². The van der Waals surface area contributed by atoms with Crippen molar-refractivity contribution in [1.29, 1.82) is 0 Å². The Bertz CT molecular complexity index is 153. The van der Waals surface area contributed by atoms with Crippen molar-refractivity contribution in [2.45, 2.75) is 19.8 Å². The van der Waals surface area contributed by atoms with Crippen LogP contribution in [0.25, 0.3) is 0 Å². The second kappa shape index (κ2) is 6.79. The molecule has 0 amide bonds. The monoisotopic (exact) mass is 174 g/mol. The van der Waals surface area contributed by atoms with Gasteiger partial charge in [-0.25, -0.2) is 0 Å². The maximum absolute atomic E-state index is 10.9. The first-order valence-corrected chi connectivity index (χ1v) is 3.87. The highest BCUT2D eigenvalue weighted by atomic mass is 16.5. The van der Waals surface area contributed by atoms with Gasteiger partial charge in [0.15, 0.2) is 0 Å². The minimum atomic E-state index is -0.460. The maximum Gasteiger partial charge on any atom is 0.313 e. The number of hydrogen-bond donors (Lipinski definition) is 0. The van der Waals surface area contributed by atoms with Crippen LogP contribution in [0.15, 0.2) is 0 Å². The van der Waals surface area contributed by atoms with Crippen LogP contribution in [0, 0.1) is 0 Å². The van der Waals surface area contributed by atoms with Gasteiger partial charge in [-0.15, -0.1) is 0 Å². The van der Waals surface area contributed by atoms with E-state index in [9.17, 15) is 9.59 Å². The summed E-state index contributed by atoms with van der Waals surface area (Å²) in [5.74, 6) is -0.603. The molecule has 0 aromatic rings. The highest BCUT2D eigenvalue weighted by Crippen LogP contribution is 1.93. The van der Waals surface area contributed by atoms with Crippen molar-refractivity contribution in [2.75, 3.05) is 20.3 Å². The summed E-state index contributed by atoms with van der Waals surface area (Å²) in [5, 5.41) is 0. The first-order valence-electron chi connectivity index (χ1n) is 3.87. The van der Waals surface area contributed by atoms with Crippen molar-refractivity contribution in [1.82, 2.24) is 0 Å². The molecule has 0 saturated carbocycles. The number of ketones is 1. The van der Waals surface area contributed by atoms with Gasteiger partial charge < -0.3 is 9.47 Å². The van der Waals surface area contributed by atoms with E-state index in [1.165, 1.54) is 7.11 Å². The lowest BCUT2D eigenvalue weighted by Crippen LogP contribution is -2.12. The minimum absolute atomic E-state index is 0.142. The van der Waals surface area contributed by atoms with E-state index in [1.807, 2.05) is 0 Å². The number of esters is 1. The van der Waals surface area contributed by atoms with E-state index in [1.54, 1.807) is 6.92 Å². The molecule has 0 aliphatic heterocycles. The Balaban J connectivity index is 3.47. The van der Waals surface area contributed by atoms with E-state index < -0.39 is 5.97 Å². The lowest BCUT2D eigenvalue weighted by atomic mass is 10.2. The summed E-state index contributed by atoms with van der Waals surface area (Å²) in [6.07, 6.45) is 0.131. The molecule has 4 heteroatoms. The quantitative estimate of drug-likeness (QED) is 0.435. The molecule has 12 heavy (non-hydrogen) atoms. The lowest BCUT2D eigenvalue weighted by molar-refractivity contribution is -0.145. The van der Waals surface area contributed by atoms with Crippen molar-refractivity contribution in [2.24, 2.45) is 0 Å². The molecule has 0 spiro atoms. The molecule has 0 atom stereocenters. The van der Waals surface area contributed by atoms with Gasteiger partial charge in [-0.2, -0.15) is 0 Å². The van der Waals surface area contributed by atoms with Crippen LogP contribution in [-0.4, -0.2) is 32.1 Å². The number of Topliss-reactive ketones (excluding diaryl/α,β-unsaturated/α-hetero) is 1. The van der Waals surface area contributed by atoms with Gasteiger partial charge in [0.25, 0.3) is 0 Å². The van der Waals surface area contributed by atoms with Gasteiger partial charge >= 0.3 is 5.97 Å². The average Bonchev–Trinajstić information content (AvgIpc) is 2.01. The molecule has 0 aromatic heterocycles. The van der Waals surface area contributed by atoms with Crippen LogP contribution in [-0.2, 0) is 19.1 Å². The van der Waals surface area contributed by atoms with Crippen LogP contribution < -0.4 is 0 Å². The molecule has 0 fully saturated rings. The van der Waals surface area contributed by atoms with Gasteiger partial charge in [0, 0.05) is 13.5 Å². The first-order chi connectivity index (χ1) is 5.70. The zero-order valence-electron chi connectivity index (χ0n) is 7.46. The third-order valence-electron chi connectivity index (χ3n) is 1.23. The topological polar surface area (TPSA) is 52.6 Å². The van der Waals surface area contributed by atoms with Gasteiger partial charge in [0.1, 0.15) is 12.2 Å². The number of rotatable bonds is 6. The summed E-state index contributed by atoms with van der Waals surface area (Å²) in [6, 6.07) is 0. The van der Waals surface area contributed by atoms with Crippen LogP contribution in [0.5, 0.6) is 0 Å². The Labute approximate surface area is 71.8 Å². The third-order valence-corrected chi connectivity index (χ3v) is 1.23. The van der Waals surface area contributed by atoms with E-state index in [4.69, 9.17) is 0 Å². The molecule has 0 N–H and O–H groups in total. The predicted molar refractivity (Wildman–Crippen MR) is 42.8 cm³/mol. The molecule has 70 valence electrons. The molecule has 0 aliphatic carbocycles. The average molecular weight is 174 g/mol. The van der Waals surface area contributed by atoms with Crippen molar-refractivity contribution < 1.29 is 19.1 Å². The normalized spacial score (nSPS) is 9.50. The van der Waals surface area contributed by atoms with E-state index in [2.05, 4.69) is 9.47 Å². The number of methoxy groups -OCH3 is 1. The van der Waals surface area contributed by atoms with Crippen LogP contribution in [0.4, 0.5) is 0 Å². The molecule has 0 saturated heterocycles. The summed E-state index contributed by atoms with van der Waals surface area (Å²) in [6.45, 7) is 2.38. The number of hydrogen-bond acceptors (Lipinski definition) is 4. The van der Waals surface area contributed by atoms with E-state index in [-0.39, 0.29) is 18.6 Å². The van der Waals surface area contributed by atoms with E-state index in [0.29, 0.717) is 13.2 Å². The fraction of sp³-hybridized carbons (Fsp3) is 0.750. The number of carbonyl (C=O) groups excluding carboxylic acids is 2. The van der Waals surface area contributed by atoms with Gasteiger partial charge in [0.2, 0.25) is 0 Å². The Morgan fingerprint density at radius 1 is 1.33 bits per heavy atom. The molecule has 0 unspecified atom stereocenters. The largest absolute Gasteiger partial charge is 0.466 e. The van der Waals surface area contributed by atoms with E-state index in [0.717, 1.165) is 0 Å². The van der Waals surface area contributed by atoms with Crippen molar-refractivity contribution in [3.8, 4) is 0 Å². The van der Waals surface area contributed by atoms with Crippen LogP contribution >= 0.6 is 0 Å². The fourth-order valence-corrected chi connectivity index (χ4v) is 0.677. The maximum atomic E-state index is 10.9. The van der Waals surface area contributed by atoms with Crippen LogP contribution in [0.3, 0.4) is 0 Å². The highest BCUT2D eigenvalue weighted by Gasteiger charge is 2.08. The fourth-order valence-electron chi connectivity index (χ4n) is 0.677. The van der Waals surface area contributed by atoms with Gasteiger partial charge in [-0.05, 0) is 6.92 Å². The Morgan fingerprint density at radius 2 is 2.00 bits per heavy atom. The summed E-state index contributed by atoms with van der Waals surface area (Å²) >= 11 is 0. The molecular weight excluding hydrogens is 160 g/mol. The highest BCUT2D eigenvalue weighted by molar-refractivity contribution is 5.95. The second-order valence-electron chi connectivity index (χ2n) is 2.26. The molecule has 0 heterocycles. The first kappa shape index (κ1) is 11.1. The third kappa shape index (κ3) is 5.85. The molecule has 0 radical (unpaired) electrons. The van der Waals surface area contributed by atoms with E-state index >= 15 is 0 Å². The Kier molecular flexibility index (Phi) is 6.28. The van der Waals surface area contributed by atoms with Gasteiger partial charge in [-0.1, -0.05) is 0 Å². The van der Waals surface area contributed by atoms with Crippen LogP contribution in [0.1, 0.15) is 19.8 Å².